The molecule has 0 N–H and O–H groups in total. The largest absolute Gasteiger partial charge is 0.462 e. The number of carbonyl (C=O) groups is 3. The van der Waals surface area contributed by atoms with Gasteiger partial charge in [-0.1, -0.05) is 330 Å². The minimum absolute atomic E-state index is 0.0617. The van der Waals surface area contributed by atoms with Gasteiger partial charge in [0.1, 0.15) is 13.2 Å². The molecule has 0 spiro atoms. The molecule has 0 aromatic rings. The first-order valence-electron chi connectivity index (χ1n) is 32.2. The molecule has 0 aromatic heterocycles. The minimum Gasteiger partial charge on any atom is -0.462 e. The Kier molecular flexibility index (Phi) is 56.4. The lowest BCUT2D eigenvalue weighted by Gasteiger charge is -2.18. The summed E-state index contributed by atoms with van der Waals surface area (Å²) in [6.07, 6.45) is 63.9. The quantitative estimate of drug-likeness (QED) is 0.0343. The number of hydrogen-bond acceptors (Lipinski definition) is 6. The fraction of sp³-hybridized carbons (Fsp3) is 0.954. The van der Waals surface area contributed by atoms with Gasteiger partial charge in [-0.25, -0.2) is 0 Å². The van der Waals surface area contributed by atoms with Crippen LogP contribution in [0.15, 0.2) is 0 Å². The van der Waals surface area contributed by atoms with Crippen molar-refractivity contribution in [3.8, 4) is 0 Å². The summed E-state index contributed by atoms with van der Waals surface area (Å²) in [5, 5.41) is 0. The van der Waals surface area contributed by atoms with E-state index in [-0.39, 0.29) is 31.1 Å². The summed E-state index contributed by atoms with van der Waals surface area (Å²) in [4.78, 5) is 38.3. The second kappa shape index (κ2) is 57.7. The molecule has 0 rings (SSSR count). The molecule has 0 radical (unpaired) electrons. The zero-order valence-corrected chi connectivity index (χ0v) is 48.9. The molecule has 6 nitrogen and oxygen atoms in total. The van der Waals surface area contributed by atoms with E-state index in [2.05, 4.69) is 34.6 Å². The number of esters is 3. The molecule has 0 amide bonds. The molecular formula is C65H126O6. The van der Waals surface area contributed by atoms with Crippen molar-refractivity contribution in [2.45, 2.75) is 375 Å². The van der Waals surface area contributed by atoms with Crippen molar-refractivity contribution in [3.05, 3.63) is 0 Å². The maximum absolute atomic E-state index is 12.9. The molecule has 0 unspecified atom stereocenters. The smallest absolute Gasteiger partial charge is 0.306 e. The number of ether oxygens (including phenoxy) is 3. The summed E-state index contributed by atoms with van der Waals surface area (Å²) in [5.74, 6) is 0.875. The van der Waals surface area contributed by atoms with Crippen LogP contribution in [-0.2, 0) is 28.6 Å². The number of hydrogen-bond donors (Lipinski definition) is 0. The first kappa shape index (κ1) is 69.4. The van der Waals surface area contributed by atoms with Crippen LogP contribution in [0.2, 0.25) is 0 Å². The predicted molar refractivity (Wildman–Crippen MR) is 307 cm³/mol. The van der Waals surface area contributed by atoms with Crippen molar-refractivity contribution in [3.63, 3.8) is 0 Å². The van der Waals surface area contributed by atoms with E-state index in [1.54, 1.807) is 0 Å². The number of rotatable bonds is 59. The molecule has 0 heterocycles. The van der Waals surface area contributed by atoms with Crippen LogP contribution >= 0.6 is 0 Å². The minimum atomic E-state index is -0.763. The summed E-state index contributed by atoms with van der Waals surface area (Å²) in [6.45, 7) is 11.5. The summed E-state index contributed by atoms with van der Waals surface area (Å²) >= 11 is 0. The fourth-order valence-corrected chi connectivity index (χ4v) is 10.1. The monoisotopic (exact) mass is 1000 g/mol. The third kappa shape index (κ3) is 59.2. The number of unbranched alkanes of at least 4 members (excludes halogenated alkanes) is 44. The van der Waals surface area contributed by atoms with Crippen LogP contribution in [0.1, 0.15) is 369 Å². The van der Waals surface area contributed by atoms with Gasteiger partial charge in [-0.15, -0.1) is 0 Å². The van der Waals surface area contributed by atoms with Crippen LogP contribution in [0.5, 0.6) is 0 Å². The van der Waals surface area contributed by atoms with Crippen LogP contribution in [-0.4, -0.2) is 37.2 Å². The van der Waals surface area contributed by atoms with E-state index in [9.17, 15) is 14.4 Å². The lowest BCUT2D eigenvalue weighted by Crippen LogP contribution is -2.30. The van der Waals surface area contributed by atoms with Crippen LogP contribution in [0.3, 0.4) is 0 Å². The van der Waals surface area contributed by atoms with Crippen molar-refractivity contribution in [2.24, 2.45) is 11.8 Å². The summed E-state index contributed by atoms with van der Waals surface area (Å²) in [7, 11) is 0. The summed E-state index contributed by atoms with van der Waals surface area (Å²) in [6, 6.07) is 0. The molecule has 0 fully saturated rings. The molecule has 0 saturated carbocycles. The Balaban J connectivity index is 4.28. The maximum atomic E-state index is 12.9. The third-order valence-electron chi connectivity index (χ3n) is 15.0. The second-order valence-corrected chi connectivity index (χ2v) is 23.4. The Morgan fingerprint density at radius 1 is 0.268 bits per heavy atom. The molecule has 0 aliphatic carbocycles. The zero-order chi connectivity index (χ0) is 51.8. The standard InChI is InChI=1S/C65H126O6/c1-6-7-8-9-10-11-12-13-18-25-30-35-40-45-50-55-63(66)69-58-62(71-65(68)57-52-47-42-37-32-27-22-17-15-20-24-29-34-39-44-49-54-61(4)5)59-70-64(67)56-51-46-41-36-31-26-21-16-14-19-23-28-33-38-43-48-53-60(2)3/h60-62H,6-59H2,1-5H3/t62-/m1/s1. The topological polar surface area (TPSA) is 78.9 Å². The molecule has 6 heteroatoms. The van der Waals surface area contributed by atoms with Crippen LogP contribution in [0.4, 0.5) is 0 Å². The van der Waals surface area contributed by atoms with Crippen LogP contribution in [0.25, 0.3) is 0 Å². The highest BCUT2D eigenvalue weighted by molar-refractivity contribution is 5.71. The molecular weight excluding hydrogens is 877 g/mol. The average molecular weight is 1000 g/mol. The lowest BCUT2D eigenvalue weighted by molar-refractivity contribution is -0.167. The number of carbonyl (C=O) groups excluding carboxylic acids is 3. The summed E-state index contributed by atoms with van der Waals surface area (Å²) in [5.41, 5.74) is 0. The molecule has 0 aliphatic heterocycles. The van der Waals surface area contributed by atoms with Crippen molar-refractivity contribution in [1.82, 2.24) is 0 Å². The van der Waals surface area contributed by atoms with Gasteiger partial charge in [0.2, 0.25) is 0 Å². The Morgan fingerprint density at radius 3 is 0.690 bits per heavy atom. The van der Waals surface area contributed by atoms with Crippen molar-refractivity contribution in [1.29, 1.82) is 0 Å². The first-order chi connectivity index (χ1) is 34.7. The Labute approximate surface area is 444 Å². The van der Waals surface area contributed by atoms with Crippen molar-refractivity contribution < 1.29 is 28.6 Å². The van der Waals surface area contributed by atoms with E-state index < -0.39 is 6.10 Å². The van der Waals surface area contributed by atoms with Gasteiger partial charge in [0.05, 0.1) is 0 Å². The van der Waals surface area contributed by atoms with Gasteiger partial charge in [-0.2, -0.15) is 0 Å². The SMILES string of the molecule is CCCCCCCCCCCCCCCCCC(=O)OC[C@H](COC(=O)CCCCCCCCCCCCCCCCCCC(C)C)OC(=O)CCCCCCCCCCCCCCCCCCC(C)C. The highest BCUT2D eigenvalue weighted by atomic mass is 16.6. The van der Waals surface area contributed by atoms with Gasteiger partial charge in [0.15, 0.2) is 6.10 Å². The van der Waals surface area contributed by atoms with Crippen LogP contribution < -0.4 is 0 Å². The zero-order valence-electron chi connectivity index (χ0n) is 48.9. The fourth-order valence-electron chi connectivity index (χ4n) is 10.1. The normalized spacial score (nSPS) is 12.0. The van der Waals surface area contributed by atoms with Gasteiger partial charge >= 0.3 is 17.9 Å². The molecule has 71 heavy (non-hydrogen) atoms. The molecule has 0 aliphatic rings. The Bertz CT molecular complexity index is 1090. The molecule has 422 valence electrons. The predicted octanol–water partition coefficient (Wildman–Crippen LogP) is 21.6. The van der Waals surface area contributed by atoms with Crippen LogP contribution in [0, 0.1) is 11.8 Å². The Hall–Kier alpha value is -1.59. The van der Waals surface area contributed by atoms with Gasteiger partial charge in [0, 0.05) is 19.3 Å². The second-order valence-electron chi connectivity index (χ2n) is 23.4. The van der Waals surface area contributed by atoms with Crippen molar-refractivity contribution in [2.75, 3.05) is 13.2 Å². The Morgan fingerprint density at radius 2 is 0.465 bits per heavy atom. The van der Waals surface area contributed by atoms with E-state index in [1.165, 1.54) is 257 Å². The maximum Gasteiger partial charge on any atom is 0.306 e. The van der Waals surface area contributed by atoms with E-state index in [0.717, 1.165) is 69.6 Å². The average Bonchev–Trinajstić information content (AvgIpc) is 3.35. The van der Waals surface area contributed by atoms with E-state index >= 15 is 0 Å². The molecule has 0 bridgehead atoms. The molecule has 0 aromatic carbocycles. The van der Waals surface area contributed by atoms with Gasteiger partial charge in [0.25, 0.3) is 0 Å². The van der Waals surface area contributed by atoms with E-state index in [0.29, 0.717) is 19.3 Å². The third-order valence-corrected chi connectivity index (χ3v) is 15.0. The summed E-state index contributed by atoms with van der Waals surface area (Å²) < 4.78 is 17.0. The van der Waals surface area contributed by atoms with Gasteiger partial charge < -0.3 is 14.2 Å². The van der Waals surface area contributed by atoms with E-state index in [4.69, 9.17) is 14.2 Å². The van der Waals surface area contributed by atoms with E-state index in [1.807, 2.05) is 0 Å². The molecule has 1 atom stereocenters. The molecule has 0 saturated heterocycles. The highest BCUT2D eigenvalue weighted by Gasteiger charge is 2.19. The first-order valence-corrected chi connectivity index (χ1v) is 32.2. The highest BCUT2D eigenvalue weighted by Crippen LogP contribution is 2.19. The van der Waals surface area contributed by atoms with Gasteiger partial charge in [-0.05, 0) is 31.1 Å². The van der Waals surface area contributed by atoms with Crippen molar-refractivity contribution >= 4 is 17.9 Å². The van der Waals surface area contributed by atoms with Gasteiger partial charge in [-0.3, -0.25) is 14.4 Å². The lowest BCUT2D eigenvalue weighted by atomic mass is 10.0.